The summed E-state index contributed by atoms with van der Waals surface area (Å²) in [5, 5.41) is 0. The maximum Gasteiger partial charge on any atom is 0.142 e. The summed E-state index contributed by atoms with van der Waals surface area (Å²) in [4.78, 5) is 12.6. The number of hydrogen-bond donors (Lipinski definition) is 0. The van der Waals surface area contributed by atoms with Crippen LogP contribution in [0.4, 0.5) is 0 Å². The minimum atomic E-state index is 0.115. The Morgan fingerprint density at radius 1 is 1.12 bits per heavy atom. The Morgan fingerprint density at radius 2 is 1.88 bits per heavy atom. The highest BCUT2D eigenvalue weighted by molar-refractivity contribution is 5.90. The first-order valence-electron chi connectivity index (χ1n) is 7.00. The predicted molar refractivity (Wildman–Crippen MR) is 65.1 cm³/mol. The number of carbonyl (C=O) groups is 1. The van der Waals surface area contributed by atoms with E-state index < -0.39 is 0 Å². The summed E-state index contributed by atoms with van der Waals surface area (Å²) >= 11 is 0. The zero-order valence-corrected chi connectivity index (χ0v) is 10.9. The van der Waals surface area contributed by atoms with E-state index in [1.54, 1.807) is 0 Å². The van der Waals surface area contributed by atoms with E-state index in [2.05, 4.69) is 20.8 Å². The Morgan fingerprint density at radius 3 is 2.62 bits per heavy atom. The highest BCUT2D eigenvalue weighted by Gasteiger charge is 2.62. The van der Waals surface area contributed by atoms with Gasteiger partial charge in [0, 0.05) is 11.3 Å². The second-order valence-corrected chi connectivity index (χ2v) is 7.39. The van der Waals surface area contributed by atoms with Crippen LogP contribution >= 0.6 is 0 Å². The summed E-state index contributed by atoms with van der Waals surface area (Å²) in [5.74, 6) is 2.52. The number of ketones is 1. The van der Waals surface area contributed by atoms with Gasteiger partial charge in [-0.05, 0) is 49.4 Å². The molecular formula is C15H24O. The molecule has 0 aromatic rings. The second-order valence-electron chi connectivity index (χ2n) is 7.39. The van der Waals surface area contributed by atoms with Crippen LogP contribution in [0.15, 0.2) is 0 Å². The Bertz CT molecular complexity index is 330. The van der Waals surface area contributed by atoms with Gasteiger partial charge in [-0.25, -0.2) is 0 Å². The molecule has 1 spiro atoms. The van der Waals surface area contributed by atoms with E-state index in [9.17, 15) is 4.79 Å². The molecule has 2 bridgehead atoms. The molecule has 2 unspecified atom stereocenters. The number of Topliss-reactive ketones (excluding diaryl/α,β-unsaturated/α-hetero) is 1. The summed E-state index contributed by atoms with van der Waals surface area (Å²) in [5.41, 5.74) is 0.527. The summed E-state index contributed by atoms with van der Waals surface area (Å²) in [6.45, 7) is 7.16. The maximum absolute atomic E-state index is 12.6. The number of rotatable bonds is 0. The minimum Gasteiger partial charge on any atom is -0.299 e. The van der Waals surface area contributed by atoms with E-state index in [1.165, 1.54) is 32.1 Å². The molecule has 0 N–H and O–H groups in total. The molecule has 90 valence electrons. The van der Waals surface area contributed by atoms with Crippen molar-refractivity contribution >= 4 is 5.78 Å². The third-order valence-electron chi connectivity index (χ3n) is 5.84. The summed E-state index contributed by atoms with van der Waals surface area (Å²) in [7, 11) is 0. The largest absolute Gasteiger partial charge is 0.299 e. The molecule has 3 aliphatic carbocycles. The lowest BCUT2D eigenvalue weighted by Crippen LogP contribution is -2.51. The zero-order valence-electron chi connectivity index (χ0n) is 10.9. The maximum atomic E-state index is 12.6. The molecule has 3 aliphatic rings. The van der Waals surface area contributed by atoms with Gasteiger partial charge in [-0.2, -0.15) is 0 Å². The fourth-order valence-corrected chi connectivity index (χ4v) is 5.35. The molecule has 0 saturated heterocycles. The van der Waals surface area contributed by atoms with Crippen LogP contribution in [0.2, 0.25) is 0 Å². The lowest BCUT2D eigenvalue weighted by atomic mass is 9.50. The van der Waals surface area contributed by atoms with Gasteiger partial charge in [0.2, 0.25) is 0 Å². The lowest BCUT2D eigenvalue weighted by molar-refractivity contribution is -0.147. The van der Waals surface area contributed by atoms with Crippen LogP contribution in [-0.2, 0) is 4.79 Å². The van der Waals surface area contributed by atoms with E-state index in [-0.39, 0.29) is 5.41 Å². The van der Waals surface area contributed by atoms with Gasteiger partial charge in [0.05, 0.1) is 0 Å². The highest BCUT2D eigenvalue weighted by atomic mass is 16.1. The van der Waals surface area contributed by atoms with Crippen molar-refractivity contribution < 1.29 is 4.79 Å². The molecule has 3 rings (SSSR count). The molecule has 0 aromatic heterocycles. The predicted octanol–water partition coefficient (Wildman–Crippen LogP) is 3.82. The van der Waals surface area contributed by atoms with Gasteiger partial charge >= 0.3 is 0 Å². The van der Waals surface area contributed by atoms with E-state index in [0.717, 1.165) is 12.3 Å². The van der Waals surface area contributed by atoms with Crippen LogP contribution < -0.4 is 0 Å². The van der Waals surface area contributed by atoms with Crippen molar-refractivity contribution in [3.05, 3.63) is 0 Å². The quantitative estimate of drug-likeness (QED) is 0.606. The molecule has 16 heavy (non-hydrogen) atoms. The third-order valence-corrected chi connectivity index (χ3v) is 5.84. The minimum absolute atomic E-state index is 0.115. The van der Waals surface area contributed by atoms with Crippen molar-refractivity contribution in [2.45, 2.75) is 59.3 Å². The monoisotopic (exact) mass is 220 g/mol. The van der Waals surface area contributed by atoms with Gasteiger partial charge in [-0.1, -0.05) is 27.2 Å². The van der Waals surface area contributed by atoms with Crippen LogP contribution in [-0.4, -0.2) is 5.78 Å². The highest BCUT2D eigenvalue weighted by Crippen LogP contribution is 2.64. The Hall–Kier alpha value is -0.330. The van der Waals surface area contributed by atoms with E-state index >= 15 is 0 Å². The molecule has 0 aromatic carbocycles. The first-order chi connectivity index (χ1) is 7.46. The normalized spacial score (nSPS) is 50.2. The van der Waals surface area contributed by atoms with Crippen LogP contribution in [0.3, 0.4) is 0 Å². The molecule has 4 atom stereocenters. The number of carbonyl (C=O) groups excluding carboxylic acids is 1. The fourth-order valence-electron chi connectivity index (χ4n) is 5.35. The fraction of sp³-hybridized carbons (Fsp3) is 0.933. The molecule has 1 heteroatoms. The summed E-state index contributed by atoms with van der Waals surface area (Å²) in [6.07, 6.45) is 7.38. The van der Waals surface area contributed by atoms with Crippen molar-refractivity contribution in [3.63, 3.8) is 0 Å². The Kier molecular flexibility index (Phi) is 2.10. The van der Waals surface area contributed by atoms with Crippen molar-refractivity contribution in [1.29, 1.82) is 0 Å². The molecule has 0 amide bonds. The van der Waals surface area contributed by atoms with E-state index in [4.69, 9.17) is 0 Å². The van der Waals surface area contributed by atoms with Crippen LogP contribution in [0, 0.1) is 28.6 Å². The van der Waals surface area contributed by atoms with E-state index in [0.29, 0.717) is 23.0 Å². The molecule has 0 radical (unpaired) electrons. The van der Waals surface area contributed by atoms with Gasteiger partial charge in [-0.15, -0.1) is 0 Å². The SMILES string of the molecule is CC1CCC2C(C)(C)C[C@H]3CC[C@]2(C1)C3=O. The van der Waals surface area contributed by atoms with E-state index in [1.807, 2.05) is 0 Å². The van der Waals surface area contributed by atoms with Crippen LogP contribution in [0.5, 0.6) is 0 Å². The van der Waals surface area contributed by atoms with Gasteiger partial charge in [-0.3, -0.25) is 4.79 Å². The average molecular weight is 220 g/mol. The van der Waals surface area contributed by atoms with Crippen molar-refractivity contribution in [2.24, 2.45) is 28.6 Å². The van der Waals surface area contributed by atoms with Gasteiger partial charge in [0.25, 0.3) is 0 Å². The molecule has 0 heterocycles. The van der Waals surface area contributed by atoms with Crippen molar-refractivity contribution in [2.75, 3.05) is 0 Å². The van der Waals surface area contributed by atoms with Gasteiger partial charge in [0.15, 0.2) is 0 Å². The van der Waals surface area contributed by atoms with Crippen molar-refractivity contribution in [3.8, 4) is 0 Å². The summed E-state index contributed by atoms with van der Waals surface area (Å²) in [6, 6.07) is 0. The van der Waals surface area contributed by atoms with Crippen molar-refractivity contribution in [1.82, 2.24) is 0 Å². The first-order valence-corrected chi connectivity index (χ1v) is 7.00. The Labute approximate surface area is 99.0 Å². The number of fused-ring (bicyclic) bond motifs is 1. The topological polar surface area (TPSA) is 17.1 Å². The molecule has 0 aliphatic heterocycles. The standard InChI is InChI=1S/C15H24O/c1-10-4-5-12-14(2,3)9-11-6-7-15(12,8-10)13(11)16/h10-12H,4-9H2,1-3H3/t10?,11-,12?,15-/m1/s1. The molecular weight excluding hydrogens is 196 g/mol. The lowest BCUT2D eigenvalue weighted by Gasteiger charge is -2.53. The second kappa shape index (κ2) is 3.11. The Balaban J connectivity index is 2.04. The first kappa shape index (κ1) is 10.8. The molecule has 3 saturated carbocycles. The average Bonchev–Trinajstić information content (AvgIpc) is 2.43. The smallest absolute Gasteiger partial charge is 0.142 e. The molecule has 3 fully saturated rings. The summed E-state index contributed by atoms with van der Waals surface area (Å²) < 4.78 is 0. The number of hydrogen-bond acceptors (Lipinski definition) is 1. The third kappa shape index (κ3) is 1.21. The van der Waals surface area contributed by atoms with Crippen LogP contribution in [0.1, 0.15) is 59.3 Å². The van der Waals surface area contributed by atoms with Gasteiger partial charge in [0.1, 0.15) is 5.78 Å². The van der Waals surface area contributed by atoms with Crippen LogP contribution in [0.25, 0.3) is 0 Å². The molecule has 1 nitrogen and oxygen atoms in total. The zero-order chi connectivity index (χ0) is 11.6. The van der Waals surface area contributed by atoms with Gasteiger partial charge < -0.3 is 0 Å².